The van der Waals surface area contributed by atoms with Gasteiger partial charge < -0.3 is 9.64 Å². The number of hydrogen-bond donors (Lipinski definition) is 0. The van der Waals surface area contributed by atoms with Crippen LogP contribution in [0, 0.1) is 11.3 Å². The van der Waals surface area contributed by atoms with Crippen LogP contribution in [0.5, 0.6) is 5.88 Å². The molecule has 0 spiro atoms. The molecule has 2 rings (SSSR count). The summed E-state index contributed by atoms with van der Waals surface area (Å²) >= 11 is 0. The number of ether oxygens (including phenoxy) is 1. The van der Waals surface area contributed by atoms with Crippen LogP contribution in [0.2, 0.25) is 0 Å². The van der Waals surface area contributed by atoms with E-state index >= 15 is 0 Å². The summed E-state index contributed by atoms with van der Waals surface area (Å²) in [6.07, 6.45) is 0. The predicted octanol–water partition coefficient (Wildman–Crippen LogP) is 3.12. The first kappa shape index (κ1) is 12.9. The Hall–Kier alpha value is -2.54. The van der Waals surface area contributed by atoms with Crippen molar-refractivity contribution in [3.05, 3.63) is 48.0 Å². The van der Waals surface area contributed by atoms with E-state index in [0.717, 1.165) is 11.5 Å². The van der Waals surface area contributed by atoms with Crippen molar-refractivity contribution in [1.82, 2.24) is 4.98 Å². The molecule has 96 valence electrons. The molecule has 2 aromatic rings. The topological polar surface area (TPSA) is 49.1 Å². The van der Waals surface area contributed by atoms with E-state index in [1.165, 1.54) is 0 Å². The first-order valence-electron chi connectivity index (χ1n) is 6.08. The molecule has 0 fully saturated rings. The third-order valence-electron chi connectivity index (χ3n) is 2.73. The third kappa shape index (κ3) is 3.02. The maximum absolute atomic E-state index is 8.79. The molecule has 0 N–H and O–H groups in total. The molecule has 0 amide bonds. The Balaban J connectivity index is 2.25. The minimum absolute atomic E-state index is 0.594. The number of benzene rings is 1. The SMILES string of the molecule is CCOc1cccc(N(C)c2ccc(C#N)cc2)n1. The van der Waals surface area contributed by atoms with E-state index in [4.69, 9.17) is 10.00 Å². The lowest BCUT2D eigenvalue weighted by atomic mass is 10.2. The molecule has 0 bridgehead atoms. The Morgan fingerprint density at radius 3 is 2.58 bits per heavy atom. The van der Waals surface area contributed by atoms with Crippen molar-refractivity contribution in [1.29, 1.82) is 5.26 Å². The zero-order valence-corrected chi connectivity index (χ0v) is 11.0. The highest BCUT2D eigenvalue weighted by Crippen LogP contribution is 2.23. The summed E-state index contributed by atoms with van der Waals surface area (Å²) in [6.45, 7) is 2.52. The van der Waals surface area contributed by atoms with Gasteiger partial charge in [0, 0.05) is 18.8 Å². The molecule has 1 aromatic heterocycles. The van der Waals surface area contributed by atoms with Crippen LogP contribution in [0.3, 0.4) is 0 Å². The number of rotatable bonds is 4. The van der Waals surface area contributed by atoms with Crippen molar-refractivity contribution in [2.45, 2.75) is 6.92 Å². The zero-order valence-electron chi connectivity index (χ0n) is 11.0. The summed E-state index contributed by atoms with van der Waals surface area (Å²) in [4.78, 5) is 6.37. The Morgan fingerprint density at radius 2 is 1.95 bits per heavy atom. The number of hydrogen-bond acceptors (Lipinski definition) is 4. The second-order valence-corrected chi connectivity index (χ2v) is 3.98. The van der Waals surface area contributed by atoms with E-state index in [2.05, 4.69) is 11.1 Å². The van der Waals surface area contributed by atoms with E-state index in [1.54, 1.807) is 12.1 Å². The maximum atomic E-state index is 8.79. The fraction of sp³-hybridized carbons (Fsp3) is 0.200. The summed E-state index contributed by atoms with van der Waals surface area (Å²) in [6, 6.07) is 15.1. The van der Waals surface area contributed by atoms with Crippen molar-refractivity contribution in [2.24, 2.45) is 0 Å². The largest absolute Gasteiger partial charge is 0.478 e. The second-order valence-electron chi connectivity index (χ2n) is 3.98. The highest BCUT2D eigenvalue weighted by Gasteiger charge is 2.06. The molecule has 19 heavy (non-hydrogen) atoms. The summed E-state index contributed by atoms with van der Waals surface area (Å²) in [7, 11) is 1.93. The number of nitrogens with zero attached hydrogens (tertiary/aromatic N) is 3. The highest BCUT2D eigenvalue weighted by atomic mass is 16.5. The van der Waals surface area contributed by atoms with Gasteiger partial charge in [0.15, 0.2) is 0 Å². The van der Waals surface area contributed by atoms with Crippen LogP contribution in [-0.2, 0) is 0 Å². The van der Waals surface area contributed by atoms with E-state index in [9.17, 15) is 0 Å². The van der Waals surface area contributed by atoms with Gasteiger partial charge in [-0.3, -0.25) is 0 Å². The molecule has 0 saturated carbocycles. The van der Waals surface area contributed by atoms with Gasteiger partial charge in [-0.15, -0.1) is 0 Å². The molecule has 0 unspecified atom stereocenters. The summed E-state index contributed by atoms with van der Waals surface area (Å²) in [5.74, 6) is 1.41. The van der Waals surface area contributed by atoms with Gasteiger partial charge in [-0.1, -0.05) is 6.07 Å². The van der Waals surface area contributed by atoms with E-state index in [-0.39, 0.29) is 0 Å². The molecule has 1 aromatic carbocycles. The molecule has 1 heterocycles. The highest BCUT2D eigenvalue weighted by molar-refractivity contribution is 5.60. The van der Waals surface area contributed by atoms with E-state index < -0.39 is 0 Å². The molecule has 0 aliphatic carbocycles. The van der Waals surface area contributed by atoms with Crippen molar-refractivity contribution in [2.75, 3.05) is 18.6 Å². The first-order valence-corrected chi connectivity index (χ1v) is 6.08. The van der Waals surface area contributed by atoms with Crippen LogP contribution in [0.15, 0.2) is 42.5 Å². The quantitative estimate of drug-likeness (QED) is 0.840. The van der Waals surface area contributed by atoms with Crippen LogP contribution in [-0.4, -0.2) is 18.6 Å². The molecule has 0 atom stereocenters. The summed E-state index contributed by atoms with van der Waals surface area (Å²) < 4.78 is 5.39. The standard InChI is InChI=1S/C15H15N3O/c1-3-19-15-6-4-5-14(17-15)18(2)13-9-7-12(11-16)8-10-13/h4-10H,3H2,1-2H3. The monoisotopic (exact) mass is 253 g/mol. The normalized spacial score (nSPS) is 9.74. The van der Waals surface area contributed by atoms with E-state index in [0.29, 0.717) is 18.1 Å². The lowest BCUT2D eigenvalue weighted by molar-refractivity contribution is 0.327. The first-order chi connectivity index (χ1) is 9.24. The summed E-state index contributed by atoms with van der Waals surface area (Å²) in [5, 5.41) is 8.79. The Bertz CT molecular complexity index is 587. The summed E-state index contributed by atoms with van der Waals surface area (Å²) in [5.41, 5.74) is 1.62. The zero-order chi connectivity index (χ0) is 13.7. The predicted molar refractivity (Wildman–Crippen MR) is 74.6 cm³/mol. The molecule has 4 nitrogen and oxygen atoms in total. The van der Waals surface area contributed by atoms with Gasteiger partial charge in [0.25, 0.3) is 0 Å². The van der Waals surface area contributed by atoms with Gasteiger partial charge in [-0.05, 0) is 37.3 Å². The molecule has 0 aliphatic rings. The molecular formula is C15H15N3O. The minimum atomic E-state index is 0.594. The minimum Gasteiger partial charge on any atom is -0.478 e. The molecule has 4 heteroatoms. The average molecular weight is 253 g/mol. The van der Waals surface area contributed by atoms with Crippen molar-refractivity contribution >= 4 is 11.5 Å². The second kappa shape index (κ2) is 5.87. The third-order valence-corrected chi connectivity index (χ3v) is 2.73. The average Bonchev–Trinajstić information content (AvgIpc) is 2.47. The van der Waals surface area contributed by atoms with Crippen molar-refractivity contribution in [3.8, 4) is 11.9 Å². The Morgan fingerprint density at radius 1 is 1.21 bits per heavy atom. The number of aromatic nitrogens is 1. The van der Waals surface area contributed by atoms with Crippen LogP contribution in [0.4, 0.5) is 11.5 Å². The van der Waals surface area contributed by atoms with E-state index in [1.807, 2.05) is 49.2 Å². The van der Waals surface area contributed by atoms with Gasteiger partial charge in [-0.25, -0.2) is 0 Å². The Kier molecular flexibility index (Phi) is 3.99. The van der Waals surface area contributed by atoms with Crippen LogP contribution in [0.1, 0.15) is 12.5 Å². The number of nitriles is 1. The van der Waals surface area contributed by atoms with Gasteiger partial charge in [0.05, 0.1) is 18.2 Å². The molecular weight excluding hydrogens is 238 g/mol. The van der Waals surface area contributed by atoms with Crippen LogP contribution in [0.25, 0.3) is 0 Å². The van der Waals surface area contributed by atoms with Crippen molar-refractivity contribution < 1.29 is 4.74 Å². The van der Waals surface area contributed by atoms with Gasteiger partial charge in [0.1, 0.15) is 5.82 Å². The van der Waals surface area contributed by atoms with Crippen LogP contribution >= 0.6 is 0 Å². The molecule has 0 aliphatic heterocycles. The van der Waals surface area contributed by atoms with Crippen LogP contribution < -0.4 is 9.64 Å². The Labute approximate surface area is 112 Å². The molecule has 0 radical (unpaired) electrons. The van der Waals surface area contributed by atoms with Gasteiger partial charge in [0.2, 0.25) is 5.88 Å². The maximum Gasteiger partial charge on any atom is 0.215 e. The van der Waals surface area contributed by atoms with Crippen molar-refractivity contribution in [3.63, 3.8) is 0 Å². The fourth-order valence-electron chi connectivity index (χ4n) is 1.71. The van der Waals surface area contributed by atoms with Gasteiger partial charge >= 0.3 is 0 Å². The lowest BCUT2D eigenvalue weighted by Gasteiger charge is -2.18. The smallest absolute Gasteiger partial charge is 0.215 e. The number of anilines is 2. The lowest BCUT2D eigenvalue weighted by Crippen LogP contribution is -2.11. The van der Waals surface area contributed by atoms with Gasteiger partial charge in [-0.2, -0.15) is 10.2 Å². The number of pyridine rings is 1. The fourth-order valence-corrected chi connectivity index (χ4v) is 1.71. The molecule has 0 saturated heterocycles.